The van der Waals surface area contributed by atoms with Crippen molar-refractivity contribution in [2.24, 2.45) is 5.18 Å². The summed E-state index contributed by atoms with van der Waals surface area (Å²) in [5.41, 5.74) is -1.86. The van der Waals surface area contributed by atoms with Gasteiger partial charge in [-0.2, -0.15) is 13.2 Å². The molecule has 0 fully saturated rings. The van der Waals surface area contributed by atoms with Gasteiger partial charge in [0.05, 0.1) is 10.9 Å². The van der Waals surface area contributed by atoms with E-state index in [-0.39, 0.29) is 28.0 Å². The monoisotopic (exact) mass is 320 g/mol. The highest BCUT2D eigenvalue weighted by Gasteiger charge is 2.30. The van der Waals surface area contributed by atoms with E-state index in [0.29, 0.717) is 0 Å². The van der Waals surface area contributed by atoms with E-state index in [0.717, 1.165) is 12.1 Å². The summed E-state index contributed by atoms with van der Waals surface area (Å²) in [5.74, 6) is -0.315. The van der Waals surface area contributed by atoms with Crippen LogP contribution in [0.5, 0.6) is 0 Å². The van der Waals surface area contributed by atoms with Crippen LogP contribution in [-0.4, -0.2) is 4.98 Å². The number of nitrogens with zero attached hydrogens (tertiary/aromatic N) is 2. The fourth-order valence-electron chi connectivity index (χ4n) is 2.11. The predicted molar refractivity (Wildman–Crippen MR) is 76.2 cm³/mol. The van der Waals surface area contributed by atoms with Crippen LogP contribution in [0.25, 0.3) is 22.4 Å². The molecule has 0 N–H and O–H groups in total. The minimum absolute atomic E-state index is 0.0221. The first-order valence-corrected chi connectivity index (χ1v) is 6.35. The molecule has 0 saturated heterocycles. The third kappa shape index (κ3) is 2.70. The Labute approximate surface area is 126 Å². The van der Waals surface area contributed by atoms with Crippen molar-refractivity contribution in [1.29, 1.82) is 0 Å². The van der Waals surface area contributed by atoms with Crippen molar-refractivity contribution in [3.8, 4) is 11.5 Å². The summed E-state index contributed by atoms with van der Waals surface area (Å²) in [5, 5.41) is 2.78. The fraction of sp³-hybridized carbons (Fsp3) is 0.0667. The van der Waals surface area contributed by atoms with Gasteiger partial charge in [0.2, 0.25) is 5.89 Å². The van der Waals surface area contributed by atoms with Crippen LogP contribution in [0.15, 0.2) is 56.9 Å². The first-order valence-electron chi connectivity index (χ1n) is 6.35. The van der Waals surface area contributed by atoms with E-state index in [1.807, 2.05) is 0 Å². The van der Waals surface area contributed by atoms with Crippen molar-refractivity contribution in [3.05, 3.63) is 63.4 Å². The van der Waals surface area contributed by atoms with Gasteiger partial charge in [-0.1, -0.05) is 12.1 Å². The van der Waals surface area contributed by atoms with Crippen molar-refractivity contribution >= 4 is 16.6 Å². The van der Waals surface area contributed by atoms with E-state index in [4.69, 9.17) is 4.42 Å². The zero-order valence-corrected chi connectivity index (χ0v) is 11.3. The second-order valence-electron chi connectivity index (χ2n) is 4.65. The van der Waals surface area contributed by atoms with E-state index in [2.05, 4.69) is 10.2 Å². The maximum Gasteiger partial charge on any atom is 0.416 e. The number of benzene rings is 2. The molecule has 2 aromatic carbocycles. The number of aromatic nitrogens is 1. The second kappa shape index (κ2) is 5.31. The van der Waals surface area contributed by atoms with Gasteiger partial charge in [-0.3, -0.25) is 0 Å². The van der Waals surface area contributed by atoms with E-state index < -0.39 is 17.4 Å². The van der Waals surface area contributed by atoms with Gasteiger partial charge in [0, 0.05) is 5.56 Å². The van der Waals surface area contributed by atoms with Crippen molar-refractivity contribution in [1.82, 2.24) is 4.98 Å². The van der Waals surface area contributed by atoms with Gasteiger partial charge in [0.1, 0.15) is 11.2 Å². The lowest BCUT2D eigenvalue weighted by atomic mass is 10.1. The molecule has 0 atom stereocenters. The fourth-order valence-corrected chi connectivity index (χ4v) is 2.11. The molecule has 23 heavy (non-hydrogen) atoms. The SMILES string of the molecule is O=Nc1cccc2c(=O)oc(-c3cccc(C(F)(F)F)c3)nc12. The lowest BCUT2D eigenvalue weighted by Crippen LogP contribution is -2.06. The van der Waals surface area contributed by atoms with Gasteiger partial charge in [0.15, 0.2) is 0 Å². The zero-order chi connectivity index (χ0) is 16.6. The summed E-state index contributed by atoms with van der Waals surface area (Å²) < 4.78 is 43.3. The van der Waals surface area contributed by atoms with Crippen LogP contribution < -0.4 is 5.63 Å². The number of nitroso groups, excluding NO2 is 1. The predicted octanol–water partition coefficient (Wildman–Crippen LogP) is 4.27. The van der Waals surface area contributed by atoms with Crippen LogP contribution in [0.2, 0.25) is 0 Å². The molecule has 0 unspecified atom stereocenters. The highest BCUT2D eigenvalue weighted by Crippen LogP contribution is 2.32. The second-order valence-corrected chi connectivity index (χ2v) is 4.65. The zero-order valence-electron chi connectivity index (χ0n) is 11.3. The van der Waals surface area contributed by atoms with Crippen LogP contribution in [0.4, 0.5) is 18.9 Å². The van der Waals surface area contributed by atoms with E-state index in [1.165, 1.54) is 30.3 Å². The number of fused-ring (bicyclic) bond motifs is 1. The summed E-state index contributed by atoms with van der Waals surface area (Å²) in [4.78, 5) is 26.7. The number of halogens is 3. The van der Waals surface area contributed by atoms with Crippen molar-refractivity contribution in [2.75, 3.05) is 0 Å². The minimum atomic E-state index is -4.54. The normalized spacial score (nSPS) is 11.6. The van der Waals surface area contributed by atoms with Crippen LogP contribution in [-0.2, 0) is 6.18 Å². The number of alkyl halides is 3. The largest absolute Gasteiger partial charge is 0.416 e. The molecule has 8 heteroatoms. The Balaban J connectivity index is 2.25. The Bertz CT molecular complexity index is 964. The van der Waals surface area contributed by atoms with Gasteiger partial charge in [0.25, 0.3) is 0 Å². The van der Waals surface area contributed by atoms with E-state index in [1.54, 1.807) is 0 Å². The Morgan fingerprint density at radius 3 is 2.52 bits per heavy atom. The molecule has 0 spiro atoms. The van der Waals surface area contributed by atoms with Crippen LogP contribution in [0.1, 0.15) is 5.56 Å². The van der Waals surface area contributed by atoms with Gasteiger partial charge in [-0.05, 0) is 35.5 Å². The Morgan fingerprint density at radius 2 is 1.83 bits per heavy atom. The quantitative estimate of drug-likeness (QED) is 0.661. The number of para-hydroxylation sites is 1. The first-order chi connectivity index (χ1) is 10.9. The molecule has 0 amide bonds. The lowest BCUT2D eigenvalue weighted by molar-refractivity contribution is -0.137. The molecule has 116 valence electrons. The smallest absolute Gasteiger partial charge is 0.403 e. The topological polar surface area (TPSA) is 72.5 Å². The molecule has 0 aliphatic rings. The molecule has 5 nitrogen and oxygen atoms in total. The summed E-state index contributed by atoms with van der Waals surface area (Å²) in [7, 11) is 0. The van der Waals surface area contributed by atoms with Gasteiger partial charge >= 0.3 is 11.8 Å². The van der Waals surface area contributed by atoms with Crippen molar-refractivity contribution in [2.45, 2.75) is 6.18 Å². The molecule has 1 aromatic heterocycles. The maximum absolute atomic E-state index is 12.8. The highest BCUT2D eigenvalue weighted by molar-refractivity contribution is 5.88. The van der Waals surface area contributed by atoms with Gasteiger partial charge in [-0.25, -0.2) is 9.78 Å². The molecule has 3 aromatic rings. The number of hydrogen-bond acceptors (Lipinski definition) is 5. The van der Waals surface area contributed by atoms with E-state index in [9.17, 15) is 22.9 Å². The third-order valence-electron chi connectivity index (χ3n) is 3.17. The highest BCUT2D eigenvalue weighted by atomic mass is 19.4. The molecule has 0 aliphatic heterocycles. The molecule has 0 aliphatic carbocycles. The Morgan fingerprint density at radius 1 is 1.09 bits per heavy atom. The molecular formula is C15H7F3N2O3. The maximum atomic E-state index is 12.8. The molecule has 3 rings (SSSR count). The summed E-state index contributed by atoms with van der Waals surface area (Å²) >= 11 is 0. The van der Waals surface area contributed by atoms with Crippen molar-refractivity contribution < 1.29 is 17.6 Å². The summed E-state index contributed by atoms with van der Waals surface area (Å²) in [6.45, 7) is 0. The van der Waals surface area contributed by atoms with Crippen LogP contribution >= 0.6 is 0 Å². The minimum Gasteiger partial charge on any atom is -0.403 e. The van der Waals surface area contributed by atoms with Crippen molar-refractivity contribution in [3.63, 3.8) is 0 Å². The number of hydrogen-bond donors (Lipinski definition) is 0. The van der Waals surface area contributed by atoms with Crippen LogP contribution in [0, 0.1) is 4.91 Å². The standard InChI is InChI=1S/C15H7F3N2O3/c16-15(17,18)9-4-1-3-8(7-9)13-19-12-10(14(21)23-13)5-2-6-11(12)20-22/h1-7H. The first kappa shape index (κ1) is 14.9. The molecule has 1 heterocycles. The van der Waals surface area contributed by atoms with Gasteiger partial charge in [-0.15, -0.1) is 4.91 Å². The molecule has 0 radical (unpaired) electrons. The van der Waals surface area contributed by atoms with E-state index >= 15 is 0 Å². The summed E-state index contributed by atoms with van der Waals surface area (Å²) in [6.07, 6.45) is -4.54. The molecular weight excluding hydrogens is 313 g/mol. The molecule has 0 bridgehead atoms. The van der Waals surface area contributed by atoms with Gasteiger partial charge < -0.3 is 4.42 Å². The third-order valence-corrected chi connectivity index (χ3v) is 3.17. The number of rotatable bonds is 2. The Hall–Kier alpha value is -3.03. The van der Waals surface area contributed by atoms with Crippen LogP contribution in [0.3, 0.4) is 0 Å². The molecule has 0 saturated carbocycles. The average Bonchev–Trinajstić information content (AvgIpc) is 2.53. The summed E-state index contributed by atoms with van der Waals surface area (Å²) in [6, 6.07) is 8.37. The Kier molecular flexibility index (Phi) is 3.44. The lowest BCUT2D eigenvalue weighted by Gasteiger charge is -2.08. The average molecular weight is 320 g/mol.